The van der Waals surface area contributed by atoms with E-state index in [-0.39, 0.29) is 23.9 Å². The van der Waals surface area contributed by atoms with Crippen molar-refractivity contribution in [3.63, 3.8) is 0 Å². The second-order valence-electron chi connectivity index (χ2n) is 5.94. The van der Waals surface area contributed by atoms with Gasteiger partial charge in [0.15, 0.2) is 0 Å². The summed E-state index contributed by atoms with van der Waals surface area (Å²) in [4.78, 5) is 14.5. The number of carbonyl (C=O) groups is 1. The molecule has 6 nitrogen and oxygen atoms in total. The lowest BCUT2D eigenvalue weighted by atomic mass is 10.2. The maximum absolute atomic E-state index is 12.9. The summed E-state index contributed by atoms with van der Waals surface area (Å²) in [5.74, 6) is 0.362. The molecule has 0 bridgehead atoms. The van der Waals surface area contributed by atoms with E-state index in [2.05, 4.69) is 0 Å². The molecule has 2 aromatic carbocycles. The van der Waals surface area contributed by atoms with Gasteiger partial charge in [-0.25, -0.2) is 8.42 Å². The molecule has 0 aliphatic carbocycles. The Labute approximate surface area is 158 Å². The van der Waals surface area contributed by atoms with E-state index in [4.69, 9.17) is 16.3 Å². The van der Waals surface area contributed by atoms with Crippen LogP contribution in [0.2, 0.25) is 5.02 Å². The molecule has 1 heterocycles. The van der Waals surface area contributed by atoms with E-state index in [9.17, 15) is 13.2 Å². The summed E-state index contributed by atoms with van der Waals surface area (Å²) in [5, 5.41) is 0.455. The molecule has 2 aromatic rings. The SMILES string of the molecule is COc1cccc(N2CCN(S(=O)(=O)c3ccc(Cl)cc3)C(C)C2=O)c1. The third kappa shape index (κ3) is 3.42. The van der Waals surface area contributed by atoms with Crippen LogP contribution in [0.4, 0.5) is 5.69 Å². The van der Waals surface area contributed by atoms with Gasteiger partial charge in [-0.15, -0.1) is 0 Å². The molecule has 1 amide bonds. The van der Waals surface area contributed by atoms with Crippen molar-refractivity contribution in [2.24, 2.45) is 0 Å². The van der Waals surface area contributed by atoms with Crippen molar-refractivity contribution in [1.29, 1.82) is 0 Å². The highest BCUT2D eigenvalue weighted by atomic mass is 35.5. The maximum Gasteiger partial charge on any atom is 0.245 e. The van der Waals surface area contributed by atoms with E-state index < -0.39 is 16.1 Å². The van der Waals surface area contributed by atoms with Crippen molar-refractivity contribution in [2.45, 2.75) is 17.9 Å². The fourth-order valence-electron chi connectivity index (χ4n) is 2.96. The number of sulfonamides is 1. The van der Waals surface area contributed by atoms with Crippen LogP contribution in [-0.2, 0) is 14.8 Å². The Morgan fingerprint density at radius 3 is 2.46 bits per heavy atom. The van der Waals surface area contributed by atoms with Crippen molar-refractivity contribution in [3.05, 3.63) is 53.6 Å². The van der Waals surface area contributed by atoms with Gasteiger partial charge in [-0.05, 0) is 43.3 Å². The fourth-order valence-corrected chi connectivity index (χ4v) is 4.66. The Kier molecular flexibility index (Phi) is 5.22. The molecule has 1 aliphatic rings. The van der Waals surface area contributed by atoms with Crippen molar-refractivity contribution < 1.29 is 17.9 Å². The number of nitrogens with zero attached hydrogens (tertiary/aromatic N) is 2. The number of piperazine rings is 1. The second-order valence-corrected chi connectivity index (χ2v) is 8.26. The molecular weight excluding hydrogens is 376 g/mol. The first-order chi connectivity index (χ1) is 12.3. The largest absolute Gasteiger partial charge is 0.497 e. The van der Waals surface area contributed by atoms with Gasteiger partial charge in [0.1, 0.15) is 11.8 Å². The fraction of sp³-hybridized carbons (Fsp3) is 0.278. The number of benzene rings is 2. The van der Waals surface area contributed by atoms with E-state index in [1.165, 1.54) is 28.6 Å². The van der Waals surface area contributed by atoms with Crippen LogP contribution in [0.25, 0.3) is 0 Å². The van der Waals surface area contributed by atoms with E-state index in [1.54, 1.807) is 43.2 Å². The Morgan fingerprint density at radius 1 is 1.12 bits per heavy atom. The van der Waals surface area contributed by atoms with Gasteiger partial charge in [0.05, 0.1) is 12.0 Å². The van der Waals surface area contributed by atoms with Crippen LogP contribution in [0, 0.1) is 0 Å². The Bertz CT molecular complexity index is 915. The molecule has 1 fully saturated rings. The lowest BCUT2D eigenvalue weighted by Crippen LogP contribution is -2.57. The molecule has 3 rings (SSSR count). The molecule has 138 valence electrons. The van der Waals surface area contributed by atoms with Crippen LogP contribution in [0.1, 0.15) is 6.92 Å². The van der Waals surface area contributed by atoms with E-state index >= 15 is 0 Å². The predicted octanol–water partition coefficient (Wildman–Crippen LogP) is 2.77. The number of carbonyl (C=O) groups excluding carboxylic acids is 1. The summed E-state index contributed by atoms with van der Waals surface area (Å²) in [5.41, 5.74) is 0.685. The number of ether oxygens (including phenoxy) is 1. The quantitative estimate of drug-likeness (QED) is 0.799. The molecule has 26 heavy (non-hydrogen) atoms. The summed E-state index contributed by atoms with van der Waals surface area (Å²) in [7, 11) is -2.22. The minimum Gasteiger partial charge on any atom is -0.497 e. The summed E-state index contributed by atoms with van der Waals surface area (Å²) < 4.78 is 32.2. The number of rotatable bonds is 4. The molecule has 0 radical (unpaired) electrons. The molecule has 8 heteroatoms. The molecule has 1 saturated heterocycles. The number of methoxy groups -OCH3 is 1. The highest BCUT2D eigenvalue weighted by molar-refractivity contribution is 7.89. The highest BCUT2D eigenvalue weighted by Crippen LogP contribution is 2.28. The van der Waals surface area contributed by atoms with E-state index in [1.807, 2.05) is 0 Å². The van der Waals surface area contributed by atoms with Crippen LogP contribution in [0.15, 0.2) is 53.4 Å². The molecule has 0 spiro atoms. The monoisotopic (exact) mass is 394 g/mol. The number of halogens is 1. The minimum atomic E-state index is -3.78. The molecular formula is C18H19ClN2O4S. The molecule has 1 atom stereocenters. The van der Waals surface area contributed by atoms with E-state index in [0.717, 1.165) is 0 Å². The predicted molar refractivity (Wildman–Crippen MR) is 100 cm³/mol. The molecule has 1 aliphatic heterocycles. The zero-order valence-corrected chi connectivity index (χ0v) is 16.0. The highest BCUT2D eigenvalue weighted by Gasteiger charge is 2.39. The van der Waals surface area contributed by atoms with Crippen LogP contribution < -0.4 is 9.64 Å². The number of hydrogen-bond donors (Lipinski definition) is 0. The zero-order chi connectivity index (χ0) is 18.9. The number of anilines is 1. The van der Waals surface area contributed by atoms with E-state index in [0.29, 0.717) is 16.5 Å². The summed E-state index contributed by atoms with van der Waals surface area (Å²) >= 11 is 5.83. The van der Waals surface area contributed by atoms with Crippen LogP contribution in [0.3, 0.4) is 0 Å². The van der Waals surface area contributed by atoms with Crippen molar-refractivity contribution in [3.8, 4) is 5.75 Å². The average Bonchev–Trinajstić information content (AvgIpc) is 2.64. The molecule has 0 aromatic heterocycles. The topological polar surface area (TPSA) is 66.9 Å². The number of amides is 1. The van der Waals surface area contributed by atoms with Crippen molar-refractivity contribution in [2.75, 3.05) is 25.1 Å². The van der Waals surface area contributed by atoms with Gasteiger partial charge in [-0.3, -0.25) is 4.79 Å². The molecule has 0 saturated carbocycles. The van der Waals surface area contributed by atoms with Gasteiger partial charge in [0.2, 0.25) is 15.9 Å². The number of hydrogen-bond acceptors (Lipinski definition) is 4. The second kappa shape index (κ2) is 7.26. The first kappa shape index (κ1) is 18.7. The summed E-state index contributed by atoms with van der Waals surface area (Å²) in [6.07, 6.45) is 0. The Balaban J connectivity index is 1.86. The Hall–Kier alpha value is -2.09. The Morgan fingerprint density at radius 2 is 1.81 bits per heavy atom. The summed E-state index contributed by atoms with van der Waals surface area (Å²) in [6.45, 7) is 2.07. The minimum absolute atomic E-state index is 0.122. The molecule has 0 N–H and O–H groups in total. The third-order valence-electron chi connectivity index (χ3n) is 4.38. The lowest BCUT2D eigenvalue weighted by molar-refractivity contribution is -0.123. The first-order valence-corrected chi connectivity index (χ1v) is 9.89. The smallest absolute Gasteiger partial charge is 0.245 e. The van der Waals surface area contributed by atoms with Gasteiger partial charge < -0.3 is 9.64 Å². The summed E-state index contributed by atoms with van der Waals surface area (Å²) in [6, 6.07) is 12.3. The first-order valence-electron chi connectivity index (χ1n) is 8.07. The van der Waals surface area contributed by atoms with Gasteiger partial charge >= 0.3 is 0 Å². The van der Waals surface area contributed by atoms with Gasteiger partial charge in [0, 0.05) is 29.9 Å². The van der Waals surface area contributed by atoms with Crippen molar-refractivity contribution in [1.82, 2.24) is 4.31 Å². The van der Waals surface area contributed by atoms with Crippen LogP contribution >= 0.6 is 11.6 Å². The maximum atomic E-state index is 12.9. The average molecular weight is 395 g/mol. The zero-order valence-electron chi connectivity index (χ0n) is 14.4. The normalized spacial score (nSPS) is 18.8. The van der Waals surface area contributed by atoms with Gasteiger partial charge in [-0.2, -0.15) is 4.31 Å². The van der Waals surface area contributed by atoms with Gasteiger partial charge in [0.25, 0.3) is 0 Å². The lowest BCUT2D eigenvalue weighted by Gasteiger charge is -2.38. The van der Waals surface area contributed by atoms with Crippen LogP contribution in [0.5, 0.6) is 5.75 Å². The van der Waals surface area contributed by atoms with Crippen LogP contribution in [-0.4, -0.2) is 44.9 Å². The molecule has 1 unspecified atom stereocenters. The van der Waals surface area contributed by atoms with Gasteiger partial charge in [-0.1, -0.05) is 17.7 Å². The third-order valence-corrected chi connectivity index (χ3v) is 6.62. The standard InChI is InChI=1S/C18H19ClN2O4S/c1-13-18(22)20(15-4-3-5-16(12-15)25-2)10-11-21(13)26(23,24)17-8-6-14(19)7-9-17/h3-9,12-13H,10-11H2,1-2H3. The van der Waals surface area contributed by atoms with Crippen molar-refractivity contribution >= 4 is 33.2 Å².